The van der Waals surface area contributed by atoms with Gasteiger partial charge in [-0.15, -0.1) is 10.2 Å². The Morgan fingerprint density at radius 2 is 0.853 bits per heavy atom. The number of nitrogens with zero attached hydrogens (tertiary/aromatic N) is 2. The number of hydrogen-bond donors (Lipinski definition) is 12. The summed E-state index contributed by atoms with van der Waals surface area (Å²) in [5, 5.41) is 74.5. The van der Waals surface area contributed by atoms with E-state index in [4.69, 9.17) is 52.5 Å². The van der Waals surface area contributed by atoms with Crippen LogP contribution in [0, 0.1) is 0 Å². The third kappa shape index (κ3) is 8.74. The molecule has 0 bridgehead atoms. The highest BCUT2D eigenvalue weighted by Gasteiger charge is 2.30. The first-order chi connectivity index (χ1) is 15.8. The summed E-state index contributed by atoms with van der Waals surface area (Å²) in [6.07, 6.45) is -9.06. The van der Waals surface area contributed by atoms with E-state index in [1.54, 1.807) is 0 Å². The minimum Gasteiger partial charge on any atom is -0.479 e. The maximum atomic E-state index is 9.77. The van der Waals surface area contributed by atoms with Crippen LogP contribution in [0.4, 0.5) is 11.6 Å². The van der Waals surface area contributed by atoms with Crippen molar-refractivity contribution in [2.45, 2.75) is 24.4 Å². The zero-order valence-corrected chi connectivity index (χ0v) is 16.9. The molecule has 1 aromatic heterocycles. The van der Waals surface area contributed by atoms with Crippen molar-refractivity contribution in [3.63, 3.8) is 0 Å². The molecule has 1 aromatic carbocycles. The summed E-state index contributed by atoms with van der Waals surface area (Å²) in [7, 11) is 0. The van der Waals surface area contributed by atoms with E-state index in [1.807, 2.05) is 24.3 Å². The van der Waals surface area contributed by atoms with E-state index in [-0.39, 0.29) is 0 Å². The van der Waals surface area contributed by atoms with Crippen LogP contribution < -0.4 is 22.5 Å². The Morgan fingerprint density at radius 1 is 0.618 bits per heavy atom. The molecule has 2 aromatic rings. The summed E-state index contributed by atoms with van der Waals surface area (Å²) in [5.41, 5.74) is 4.96. The molecule has 0 aliphatic heterocycles. The summed E-state index contributed by atoms with van der Waals surface area (Å²) in [5.74, 6) is 4.59. The molecule has 34 heavy (non-hydrogen) atoms. The number of carboxylic acids is 4. The number of benzene rings is 1. The quantitative estimate of drug-likeness (QED) is 0.124. The highest BCUT2D eigenvalue weighted by molar-refractivity contribution is 5.98. The number of rotatable bonds is 8. The summed E-state index contributed by atoms with van der Waals surface area (Å²) in [4.78, 5) is 39.1. The minimum absolute atomic E-state index is 0.527. The van der Waals surface area contributed by atoms with Crippen LogP contribution in [0.2, 0.25) is 0 Å². The molecule has 0 fully saturated rings. The molecule has 0 aliphatic carbocycles. The van der Waals surface area contributed by atoms with Gasteiger partial charge in [0.25, 0.3) is 0 Å². The number of aliphatic carboxylic acids is 4. The van der Waals surface area contributed by atoms with Crippen molar-refractivity contribution >= 4 is 46.3 Å². The predicted octanol–water partition coefficient (Wildman–Crippen LogP) is -4.04. The van der Waals surface area contributed by atoms with Crippen LogP contribution in [0.3, 0.4) is 0 Å². The first-order valence-electron chi connectivity index (χ1n) is 8.62. The fraction of sp³-hybridized carbons (Fsp3) is 0.250. The number of aliphatic hydroxyl groups excluding tert-OH is 4. The van der Waals surface area contributed by atoms with Crippen molar-refractivity contribution in [3.8, 4) is 0 Å². The number of hydrazine groups is 2. The summed E-state index contributed by atoms with van der Waals surface area (Å²) >= 11 is 0. The maximum Gasteiger partial charge on any atom is 0.335 e. The van der Waals surface area contributed by atoms with Gasteiger partial charge in [0.15, 0.2) is 36.1 Å². The second-order valence-corrected chi connectivity index (χ2v) is 5.86. The smallest absolute Gasteiger partial charge is 0.335 e. The number of carbonyl (C=O) groups is 4. The Kier molecular flexibility index (Phi) is 12.3. The molecule has 4 atom stereocenters. The van der Waals surface area contributed by atoms with Gasteiger partial charge < -0.3 is 51.7 Å². The van der Waals surface area contributed by atoms with Crippen LogP contribution in [-0.2, 0) is 19.2 Å². The third-order valence-corrected chi connectivity index (χ3v) is 3.57. The number of fused-ring (bicyclic) bond motifs is 1. The van der Waals surface area contributed by atoms with Gasteiger partial charge in [-0.1, -0.05) is 24.3 Å². The SMILES string of the molecule is NNc1nnc(NN)c2ccccc12.O=C(O)C(O)C(O)C(=O)O.O=C(O)C(O)C(O)C(=O)O. The van der Waals surface area contributed by atoms with E-state index in [0.29, 0.717) is 11.6 Å². The second-order valence-electron chi connectivity index (χ2n) is 5.86. The monoisotopic (exact) mass is 490 g/mol. The van der Waals surface area contributed by atoms with Crippen LogP contribution >= 0.6 is 0 Å². The molecule has 1 heterocycles. The molecule has 0 saturated heterocycles. The van der Waals surface area contributed by atoms with Crippen molar-refractivity contribution in [2.75, 3.05) is 10.9 Å². The number of nitrogens with two attached hydrogens (primary N) is 2. The molecular formula is C16H22N6O12. The maximum absolute atomic E-state index is 9.77. The van der Waals surface area contributed by atoms with Crippen LogP contribution in [0.5, 0.6) is 0 Å². The summed E-state index contributed by atoms with van der Waals surface area (Å²) in [6.45, 7) is 0. The molecule has 14 N–H and O–H groups in total. The van der Waals surface area contributed by atoms with Crippen molar-refractivity contribution in [1.29, 1.82) is 0 Å². The van der Waals surface area contributed by atoms with Crippen molar-refractivity contribution in [2.24, 2.45) is 11.7 Å². The van der Waals surface area contributed by atoms with Crippen molar-refractivity contribution in [3.05, 3.63) is 24.3 Å². The molecule has 0 radical (unpaired) electrons. The number of hydrogen-bond acceptors (Lipinski definition) is 14. The first-order valence-corrected chi connectivity index (χ1v) is 8.62. The molecule has 0 aliphatic rings. The molecule has 0 saturated carbocycles. The van der Waals surface area contributed by atoms with Gasteiger partial charge in [0.05, 0.1) is 0 Å². The lowest BCUT2D eigenvalue weighted by Crippen LogP contribution is -2.39. The van der Waals surface area contributed by atoms with Crippen LogP contribution in [0.1, 0.15) is 0 Å². The van der Waals surface area contributed by atoms with Gasteiger partial charge in [0, 0.05) is 10.8 Å². The fourth-order valence-electron chi connectivity index (χ4n) is 1.86. The fourth-order valence-corrected chi connectivity index (χ4v) is 1.86. The zero-order chi connectivity index (χ0) is 26.6. The van der Waals surface area contributed by atoms with E-state index in [0.717, 1.165) is 10.8 Å². The molecule has 18 nitrogen and oxygen atoms in total. The number of carboxylic acid groups (broad SMARTS) is 4. The molecular weight excluding hydrogens is 468 g/mol. The Hall–Kier alpha value is -4.20. The summed E-state index contributed by atoms with van der Waals surface area (Å²) < 4.78 is 0. The number of aromatic nitrogens is 2. The lowest BCUT2D eigenvalue weighted by molar-refractivity contribution is -0.165. The number of nitrogens with one attached hydrogen (secondary N) is 2. The second kappa shape index (κ2) is 14.1. The van der Waals surface area contributed by atoms with E-state index < -0.39 is 48.3 Å². The van der Waals surface area contributed by atoms with E-state index >= 15 is 0 Å². The molecule has 4 unspecified atom stereocenters. The topological polar surface area (TPSA) is 332 Å². The Morgan fingerprint density at radius 3 is 1.03 bits per heavy atom. The number of anilines is 2. The van der Waals surface area contributed by atoms with Crippen LogP contribution in [0.25, 0.3) is 10.8 Å². The Labute approximate surface area is 188 Å². The standard InChI is InChI=1S/C8H10N6.2C4H6O6/c9-11-7-5-3-1-2-4-6(5)8(12-10)14-13-7;2*5-1(3(7)8)2(6)4(9)10/h1-4H,9-10H2,(H,11,13)(H,12,14);2*1-2,5-6H,(H,7,8)(H,9,10). The van der Waals surface area contributed by atoms with Gasteiger partial charge >= 0.3 is 23.9 Å². The van der Waals surface area contributed by atoms with Gasteiger partial charge in [-0.2, -0.15) is 0 Å². The summed E-state index contributed by atoms with van der Waals surface area (Å²) in [6, 6.07) is 7.57. The van der Waals surface area contributed by atoms with Gasteiger partial charge in [0.2, 0.25) is 0 Å². The highest BCUT2D eigenvalue weighted by atomic mass is 16.4. The zero-order valence-electron chi connectivity index (χ0n) is 16.9. The highest BCUT2D eigenvalue weighted by Crippen LogP contribution is 2.24. The molecule has 0 spiro atoms. The minimum atomic E-state index is -2.27. The average Bonchev–Trinajstić information content (AvgIpc) is 2.81. The Balaban J connectivity index is 0.000000495. The molecule has 188 valence electrons. The van der Waals surface area contributed by atoms with Gasteiger partial charge in [-0.3, -0.25) is 0 Å². The average molecular weight is 490 g/mol. The number of aliphatic hydroxyl groups is 4. The van der Waals surface area contributed by atoms with Crippen molar-refractivity contribution < 1.29 is 60.0 Å². The van der Waals surface area contributed by atoms with Gasteiger partial charge in [0.1, 0.15) is 0 Å². The molecule has 18 heteroatoms. The largest absolute Gasteiger partial charge is 0.479 e. The van der Waals surface area contributed by atoms with E-state index in [1.165, 1.54) is 0 Å². The van der Waals surface area contributed by atoms with Crippen LogP contribution in [-0.4, -0.2) is 99.3 Å². The predicted molar refractivity (Wildman–Crippen MR) is 110 cm³/mol. The van der Waals surface area contributed by atoms with Crippen LogP contribution in [0.15, 0.2) is 24.3 Å². The first kappa shape index (κ1) is 29.8. The number of nitrogen functional groups attached to an aromatic ring is 2. The lowest BCUT2D eigenvalue weighted by atomic mass is 10.2. The van der Waals surface area contributed by atoms with Crippen molar-refractivity contribution in [1.82, 2.24) is 10.2 Å². The van der Waals surface area contributed by atoms with Gasteiger partial charge in [-0.05, 0) is 0 Å². The van der Waals surface area contributed by atoms with E-state index in [9.17, 15) is 19.2 Å². The van der Waals surface area contributed by atoms with Gasteiger partial charge in [-0.25, -0.2) is 30.9 Å². The normalized spacial score (nSPS) is 13.5. The molecule has 0 amide bonds. The Bertz CT molecular complexity index is 891. The third-order valence-electron chi connectivity index (χ3n) is 3.57. The molecule has 2 rings (SSSR count). The van der Waals surface area contributed by atoms with E-state index in [2.05, 4.69) is 21.0 Å². The lowest BCUT2D eigenvalue weighted by Gasteiger charge is -2.07.